The molecule has 0 fully saturated rings. The Bertz CT molecular complexity index is 657. The van der Waals surface area contributed by atoms with Crippen LogP contribution in [0.5, 0.6) is 5.75 Å². The van der Waals surface area contributed by atoms with E-state index >= 15 is 0 Å². The van der Waals surface area contributed by atoms with Crippen LogP contribution in [-0.2, 0) is 11.3 Å². The Labute approximate surface area is 145 Å². The maximum Gasteiger partial charge on any atom is 0.222 e. The molecule has 0 saturated carbocycles. The number of rotatable bonds is 7. The van der Waals surface area contributed by atoms with Crippen LogP contribution < -0.4 is 15.4 Å². The Balaban J connectivity index is 1.77. The molecule has 0 atom stereocenters. The quantitative estimate of drug-likeness (QED) is 0.787. The van der Waals surface area contributed by atoms with Crippen molar-refractivity contribution in [1.82, 2.24) is 5.32 Å². The molecule has 0 spiro atoms. The summed E-state index contributed by atoms with van der Waals surface area (Å²) >= 11 is 11.8. The lowest BCUT2D eigenvalue weighted by Crippen LogP contribution is -2.25. The van der Waals surface area contributed by atoms with Crippen LogP contribution in [0, 0.1) is 0 Å². The summed E-state index contributed by atoms with van der Waals surface area (Å²) in [6.07, 6.45) is 0.347. The number of nitrogens with one attached hydrogen (secondary N) is 2. The van der Waals surface area contributed by atoms with Gasteiger partial charge >= 0.3 is 0 Å². The topological polar surface area (TPSA) is 50.4 Å². The van der Waals surface area contributed by atoms with Gasteiger partial charge in [-0.3, -0.25) is 4.79 Å². The SMILES string of the molecule is COc1ccccc1CNC(=O)CCNc1cc(Cl)cc(Cl)c1. The Morgan fingerprint density at radius 3 is 2.52 bits per heavy atom. The van der Waals surface area contributed by atoms with E-state index in [9.17, 15) is 4.79 Å². The Morgan fingerprint density at radius 2 is 1.83 bits per heavy atom. The highest BCUT2D eigenvalue weighted by molar-refractivity contribution is 6.35. The molecule has 122 valence electrons. The van der Waals surface area contributed by atoms with Crippen molar-refractivity contribution in [2.75, 3.05) is 19.0 Å². The first kappa shape index (κ1) is 17.4. The summed E-state index contributed by atoms with van der Waals surface area (Å²) in [4.78, 5) is 11.9. The van der Waals surface area contributed by atoms with Crippen molar-refractivity contribution >= 4 is 34.8 Å². The number of hydrogen-bond acceptors (Lipinski definition) is 3. The molecular weight excluding hydrogens is 335 g/mol. The zero-order valence-electron chi connectivity index (χ0n) is 12.7. The zero-order valence-corrected chi connectivity index (χ0v) is 14.2. The second-order valence-corrected chi connectivity index (χ2v) is 5.80. The first-order valence-corrected chi connectivity index (χ1v) is 7.92. The van der Waals surface area contributed by atoms with Crippen LogP contribution in [0.15, 0.2) is 42.5 Å². The fourth-order valence-electron chi connectivity index (χ4n) is 2.11. The third kappa shape index (κ3) is 5.66. The van der Waals surface area contributed by atoms with E-state index in [1.807, 2.05) is 24.3 Å². The predicted octanol–water partition coefficient (Wildman–Crippen LogP) is 4.12. The monoisotopic (exact) mass is 352 g/mol. The molecule has 2 N–H and O–H groups in total. The van der Waals surface area contributed by atoms with Crippen molar-refractivity contribution in [1.29, 1.82) is 0 Å². The fraction of sp³-hybridized carbons (Fsp3) is 0.235. The van der Waals surface area contributed by atoms with Gasteiger partial charge in [0.15, 0.2) is 0 Å². The van der Waals surface area contributed by atoms with Crippen molar-refractivity contribution in [3.63, 3.8) is 0 Å². The number of benzene rings is 2. The van der Waals surface area contributed by atoms with Gasteiger partial charge < -0.3 is 15.4 Å². The summed E-state index contributed by atoms with van der Waals surface area (Å²) in [5, 5.41) is 7.11. The van der Waals surface area contributed by atoms with Crippen LogP contribution in [0.4, 0.5) is 5.69 Å². The minimum Gasteiger partial charge on any atom is -0.496 e. The van der Waals surface area contributed by atoms with Crippen LogP contribution in [0.3, 0.4) is 0 Å². The molecule has 2 aromatic rings. The summed E-state index contributed by atoms with van der Waals surface area (Å²) in [6, 6.07) is 12.8. The van der Waals surface area contributed by atoms with E-state index in [4.69, 9.17) is 27.9 Å². The summed E-state index contributed by atoms with van der Waals surface area (Å²) in [6.45, 7) is 0.931. The van der Waals surface area contributed by atoms with Gasteiger partial charge in [0.1, 0.15) is 5.75 Å². The predicted molar refractivity (Wildman–Crippen MR) is 94.4 cm³/mol. The van der Waals surface area contributed by atoms with Crippen molar-refractivity contribution in [3.05, 3.63) is 58.1 Å². The molecule has 0 aliphatic heterocycles. The van der Waals surface area contributed by atoms with Gasteiger partial charge in [-0.05, 0) is 24.3 Å². The Hall–Kier alpha value is -1.91. The third-order valence-electron chi connectivity index (χ3n) is 3.21. The molecule has 0 bridgehead atoms. The fourth-order valence-corrected chi connectivity index (χ4v) is 2.63. The zero-order chi connectivity index (χ0) is 16.7. The van der Waals surface area contributed by atoms with E-state index in [0.29, 0.717) is 29.6 Å². The second-order valence-electron chi connectivity index (χ2n) is 4.92. The smallest absolute Gasteiger partial charge is 0.222 e. The number of carbonyl (C=O) groups is 1. The van der Waals surface area contributed by atoms with E-state index in [-0.39, 0.29) is 5.91 Å². The number of para-hydroxylation sites is 1. The lowest BCUT2D eigenvalue weighted by molar-refractivity contribution is -0.121. The molecule has 2 aromatic carbocycles. The number of hydrogen-bond donors (Lipinski definition) is 2. The van der Waals surface area contributed by atoms with Crippen LogP contribution in [0.2, 0.25) is 10.0 Å². The summed E-state index contributed by atoms with van der Waals surface area (Å²) < 4.78 is 5.25. The lowest BCUT2D eigenvalue weighted by atomic mass is 10.2. The van der Waals surface area contributed by atoms with Crippen molar-refractivity contribution < 1.29 is 9.53 Å². The molecule has 0 aliphatic carbocycles. The van der Waals surface area contributed by atoms with Gasteiger partial charge in [-0.2, -0.15) is 0 Å². The molecule has 0 aromatic heterocycles. The average Bonchev–Trinajstić information content (AvgIpc) is 2.52. The number of methoxy groups -OCH3 is 1. The highest BCUT2D eigenvalue weighted by atomic mass is 35.5. The first-order valence-electron chi connectivity index (χ1n) is 7.17. The summed E-state index contributed by atoms with van der Waals surface area (Å²) in [7, 11) is 1.61. The van der Waals surface area contributed by atoms with Gasteiger partial charge in [0.2, 0.25) is 5.91 Å². The molecule has 0 aliphatic rings. The average molecular weight is 353 g/mol. The largest absolute Gasteiger partial charge is 0.496 e. The van der Waals surface area contributed by atoms with Crippen molar-refractivity contribution in [2.24, 2.45) is 0 Å². The summed E-state index contributed by atoms with van der Waals surface area (Å²) in [5.41, 5.74) is 1.73. The van der Waals surface area contributed by atoms with E-state index in [1.165, 1.54) is 0 Å². The van der Waals surface area contributed by atoms with E-state index < -0.39 is 0 Å². The number of amides is 1. The van der Waals surface area contributed by atoms with Crippen molar-refractivity contribution in [2.45, 2.75) is 13.0 Å². The molecule has 1 amide bonds. The molecular formula is C17H18Cl2N2O2. The van der Waals surface area contributed by atoms with Gasteiger partial charge in [0, 0.05) is 40.8 Å². The van der Waals surface area contributed by atoms with Gasteiger partial charge in [-0.25, -0.2) is 0 Å². The highest BCUT2D eigenvalue weighted by Crippen LogP contribution is 2.22. The minimum atomic E-state index is -0.0449. The molecule has 0 radical (unpaired) electrons. The second kappa shape index (κ2) is 8.65. The number of ether oxygens (including phenoxy) is 1. The number of halogens is 2. The summed E-state index contributed by atoms with van der Waals surface area (Å²) in [5.74, 6) is 0.719. The highest BCUT2D eigenvalue weighted by Gasteiger charge is 2.05. The molecule has 6 heteroatoms. The molecule has 4 nitrogen and oxygen atoms in total. The van der Waals surface area contributed by atoms with Crippen LogP contribution in [0.1, 0.15) is 12.0 Å². The maximum atomic E-state index is 11.9. The lowest BCUT2D eigenvalue weighted by Gasteiger charge is -2.10. The number of anilines is 1. The standard InChI is InChI=1S/C17H18Cl2N2O2/c1-23-16-5-3-2-4-12(16)11-21-17(22)6-7-20-15-9-13(18)8-14(19)10-15/h2-5,8-10,20H,6-7,11H2,1H3,(H,21,22). The van der Waals surface area contributed by atoms with Gasteiger partial charge in [0.05, 0.1) is 7.11 Å². The molecule has 0 saturated heterocycles. The normalized spacial score (nSPS) is 10.2. The molecule has 23 heavy (non-hydrogen) atoms. The third-order valence-corrected chi connectivity index (χ3v) is 3.65. The van der Waals surface area contributed by atoms with E-state index in [2.05, 4.69) is 10.6 Å². The van der Waals surface area contributed by atoms with Crippen molar-refractivity contribution in [3.8, 4) is 5.75 Å². The minimum absolute atomic E-state index is 0.0449. The van der Waals surface area contributed by atoms with Gasteiger partial charge in [-0.1, -0.05) is 41.4 Å². The van der Waals surface area contributed by atoms with Gasteiger partial charge in [0.25, 0.3) is 0 Å². The van der Waals surface area contributed by atoms with E-state index in [1.54, 1.807) is 25.3 Å². The molecule has 0 unspecified atom stereocenters. The van der Waals surface area contributed by atoms with Crippen LogP contribution >= 0.6 is 23.2 Å². The number of carbonyl (C=O) groups excluding carboxylic acids is 1. The maximum absolute atomic E-state index is 11.9. The molecule has 0 heterocycles. The van der Waals surface area contributed by atoms with Crippen LogP contribution in [-0.4, -0.2) is 19.6 Å². The van der Waals surface area contributed by atoms with Gasteiger partial charge in [-0.15, -0.1) is 0 Å². The van der Waals surface area contributed by atoms with Crippen LogP contribution in [0.25, 0.3) is 0 Å². The Kier molecular flexibility index (Phi) is 6.56. The molecule has 2 rings (SSSR count). The first-order chi connectivity index (χ1) is 11.1. The van der Waals surface area contributed by atoms with E-state index in [0.717, 1.165) is 17.0 Å². The Morgan fingerprint density at radius 1 is 1.13 bits per heavy atom.